The van der Waals surface area contributed by atoms with Gasteiger partial charge < -0.3 is 5.32 Å². The van der Waals surface area contributed by atoms with Gasteiger partial charge in [0.05, 0.1) is 5.69 Å². The summed E-state index contributed by atoms with van der Waals surface area (Å²) < 4.78 is 5.76. The fourth-order valence-corrected chi connectivity index (χ4v) is 2.22. The van der Waals surface area contributed by atoms with Crippen LogP contribution in [-0.2, 0) is 13.6 Å². The number of aryl methyl sites for hydroxylation is 3. The lowest BCUT2D eigenvalue weighted by atomic mass is 10.3. The number of nitrogens with one attached hydrogen (secondary N) is 1. The minimum absolute atomic E-state index is 0.618. The fourth-order valence-electron chi connectivity index (χ4n) is 1.41. The Labute approximate surface area is 103 Å². The first-order valence-electron chi connectivity index (χ1n) is 4.80. The van der Waals surface area contributed by atoms with Crippen LogP contribution >= 0.6 is 23.1 Å². The summed E-state index contributed by atoms with van der Waals surface area (Å²) in [7, 11) is 1.83. The number of nitrogens with zero attached hydrogens (tertiary/aromatic N) is 4. The van der Waals surface area contributed by atoms with Crippen molar-refractivity contribution >= 4 is 28.3 Å². The average molecular weight is 258 g/mol. The maximum Gasteiger partial charge on any atom is 0.202 e. The highest BCUT2D eigenvalue weighted by molar-refractivity contribution is 7.09. The van der Waals surface area contributed by atoms with Crippen molar-refractivity contribution in [3.63, 3.8) is 0 Å². The molecule has 2 heterocycles. The van der Waals surface area contributed by atoms with Crippen LogP contribution in [0.25, 0.3) is 0 Å². The average Bonchev–Trinajstić information content (AvgIpc) is 2.72. The standard InChI is InChI=1S/C9H12ClN5S/c1-5-7(8(10)15(3)13-5)4-11-9-12-6(2)14-16-9/h4H2,1-3H3,(H,11,12,14). The highest BCUT2D eigenvalue weighted by atomic mass is 35.5. The Kier molecular flexibility index (Phi) is 3.11. The second-order valence-electron chi connectivity index (χ2n) is 3.48. The van der Waals surface area contributed by atoms with Gasteiger partial charge in [-0.15, -0.1) is 0 Å². The zero-order valence-corrected chi connectivity index (χ0v) is 10.9. The van der Waals surface area contributed by atoms with Gasteiger partial charge in [-0.1, -0.05) is 11.6 Å². The van der Waals surface area contributed by atoms with E-state index in [2.05, 4.69) is 19.8 Å². The molecule has 0 unspecified atom stereocenters. The fraction of sp³-hybridized carbons (Fsp3) is 0.444. The van der Waals surface area contributed by atoms with Crippen molar-refractivity contribution in [3.8, 4) is 0 Å². The van der Waals surface area contributed by atoms with Gasteiger partial charge in [0.1, 0.15) is 11.0 Å². The van der Waals surface area contributed by atoms with Gasteiger partial charge in [0, 0.05) is 30.7 Å². The molecule has 0 aliphatic heterocycles. The van der Waals surface area contributed by atoms with Gasteiger partial charge in [0.25, 0.3) is 0 Å². The summed E-state index contributed by atoms with van der Waals surface area (Å²) in [6.45, 7) is 4.42. The van der Waals surface area contributed by atoms with Crippen LogP contribution in [0.5, 0.6) is 0 Å². The van der Waals surface area contributed by atoms with Gasteiger partial charge in [-0.3, -0.25) is 4.68 Å². The number of aromatic nitrogens is 4. The highest BCUT2D eigenvalue weighted by Gasteiger charge is 2.11. The molecule has 0 spiro atoms. The highest BCUT2D eigenvalue weighted by Crippen LogP contribution is 2.20. The van der Waals surface area contributed by atoms with Gasteiger partial charge in [-0.25, -0.2) is 4.98 Å². The molecular weight excluding hydrogens is 246 g/mol. The van der Waals surface area contributed by atoms with Gasteiger partial charge >= 0.3 is 0 Å². The molecule has 1 N–H and O–H groups in total. The molecule has 2 aromatic rings. The van der Waals surface area contributed by atoms with Crippen LogP contribution in [0.4, 0.5) is 5.13 Å². The molecule has 0 saturated heterocycles. The second-order valence-corrected chi connectivity index (χ2v) is 4.59. The molecular formula is C9H12ClN5S. The third-order valence-corrected chi connectivity index (χ3v) is 3.45. The zero-order chi connectivity index (χ0) is 11.7. The third-order valence-electron chi connectivity index (χ3n) is 2.21. The largest absolute Gasteiger partial charge is 0.356 e. The number of rotatable bonds is 3. The smallest absolute Gasteiger partial charge is 0.202 e. The molecule has 0 saturated carbocycles. The quantitative estimate of drug-likeness (QED) is 0.916. The van der Waals surface area contributed by atoms with Crippen LogP contribution in [-0.4, -0.2) is 19.1 Å². The van der Waals surface area contributed by atoms with E-state index in [9.17, 15) is 0 Å². The Hall–Kier alpha value is -1.14. The van der Waals surface area contributed by atoms with E-state index in [1.807, 2.05) is 20.9 Å². The van der Waals surface area contributed by atoms with Crippen molar-refractivity contribution in [1.82, 2.24) is 19.1 Å². The van der Waals surface area contributed by atoms with E-state index in [0.717, 1.165) is 22.2 Å². The van der Waals surface area contributed by atoms with E-state index < -0.39 is 0 Å². The number of hydrogen-bond donors (Lipinski definition) is 1. The van der Waals surface area contributed by atoms with Crippen LogP contribution in [0.3, 0.4) is 0 Å². The van der Waals surface area contributed by atoms with Gasteiger partial charge in [0.2, 0.25) is 5.13 Å². The lowest BCUT2D eigenvalue weighted by Crippen LogP contribution is -2.00. The summed E-state index contributed by atoms with van der Waals surface area (Å²) in [4.78, 5) is 4.22. The molecule has 0 radical (unpaired) electrons. The Bertz CT molecular complexity index is 504. The maximum atomic E-state index is 6.11. The summed E-state index contributed by atoms with van der Waals surface area (Å²) in [5, 5.41) is 8.89. The molecule has 0 bridgehead atoms. The topological polar surface area (TPSA) is 55.6 Å². The molecule has 0 aliphatic rings. The predicted molar refractivity (Wildman–Crippen MR) is 64.9 cm³/mol. The minimum Gasteiger partial charge on any atom is -0.356 e. The van der Waals surface area contributed by atoms with Crippen LogP contribution in [0.1, 0.15) is 17.1 Å². The van der Waals surface area contributed by atoms with Crippen LogP contribution in [0.15, 0.2) is 0 Å². The Balaban J connectivity index is 2.10. The normalized spacial score (nSPS) is 10.8. The summed E-state index contributed by atoms with van der Waals surface area (Å²) in [5.74, 6) is 0.779. The van der Waals surface area contributed by atoms with Crippen LogP contribution in [0.2, 0.25) is 5.15 Å². The second kappa shape index (κ2) is 4.39. The van der Waals surface area contributed by atoms with E-state index in [1.165, 1.54) is 11.5 Å². The van der Waals surface area contributed by atoms with Gasteiger partial charge in [-0.2, -0.15) is 9.47 Å². The lowest BCUT2D eigenvalue weighted by molar-refractivity contribution is 0.757. The van der Waals surface area contributed by atoms with Crippen molar-refractivity contribution < 1.29 is 0 Å². The zero-order valence-electron chi connectivity index (χ0n) is 9.28. The van der Waals surface area contributed by atoms with E-state index in [4.69, 9.17) is 11.6 Å². The summed E-state index contributed by atoms with van der Waals surface area (Å²) in [6.07, 6.45) is 0. The Morgan fingerprint density at radius 1 is 1.44 bits per heavy atom. The van der Waals surface area contributed by atoms with Crippen molar-refractivity contribution in [2.75, 3.05) is 5.32 Å². The molecule has 0 amide bonds. The van der Waals surface area contributed by atoms with E-state index in [0.29, 0.717) is 11.7 Å². The molecule has 86 valence electrons. The van der Waals surface area contributed by atoms with Crippen molar-refractivity contribution in [2.45, 2.75) is 20.4 Å². The first-order valence-corrected chi connectivity index (χ1v) is 5.95. The third kappa shape index (κ3) is 2.17. The number of halogens is 1. The van der Waals surface area contributed by atoms with Crippen LogP contribution in [0, 0.1) is 13.8 Å². The lowest BCUT2D eigenvalue weighted by Gasteiger charge is -2.01. The Morgan fingerprint density at radius 2 is 2.19 bits per heavy atom. The summed E-state index contributed by atoms with van der Waals surface area (Å²) >= 11 is 7.46. The molecule has 16 heavy (non-hydrogen) atoms. The SMILES string of the molecule is Cc1nsc(NCc2c(C)nn(C)c2Cl)n1. The van der Waals surface area contributed by atoms with Crippen molar-refractivity contribution in [2.24, 2.45) is 7.05 Å². The van der Waals surface area contributed by atoms with Gasteiger partial charge in [0.15, 0.2) is 0 Å². The monoisotopic (exact) mass is 257 g/mol. The first kappa shape index (κ1) is 11.3. The van der Waals surface area contributed by atoms with E-state index in [1.54, 1.807) is 4.68 Å². The van der Waals surface area contributed by atoms with E-state index in [-0.39, 0.29) is 0 Å². The molecule has 0 aromatic carbocycles. The maximum absolute atomic E-state index is 6.11. The molecule has 0 atom stereocenters. The first-order chi connectivity index (χ1) is 7.58. The van der Waals surface area contributed by atoms with E-state index >= 15 is 0 Å². The molecule has 2 rings (SSSR count). The Morgan fingerprint density at radius 3 is 2.69 bits per heavy atom. The van der Waals surface area contributed by atoms with Crippen LogP contribution < -0.4 is 5.32 Å². The molecule has 7 heteroatoms. The predicted octanol–water partition coefficient (Wildman–Crippen LogP) is 2.15. The van der Waals surface area contributed by atoms with Crippen molar-refractivity contribution in [3.05, 3.63) is 22.2 Å². The molecule has 0 aliphatic carbocycles. The van der Waals surface area contributed by atoms with Crippen molar-refractivity contribution in [1.29, 1.82) is 0 Å². The van der Waals surface area contributed by atoms with Gasteiger partial charge in [-0.05, 0) is 13.8 Å². The molecule has 2 aromatic heterocycles. The minimum atomic E-state index is 0.618. The number of hydrogen-bond acceptors (Lipinski definition) is 5. The number of anilines is 1. The summed E-state index contributed by atoms with van der Waals surface area (Å²) in [5.41, 5.74) is 1.93. The summed E-state index contributed by atoms with van der Waals surface area (Å²) in [6, 6.07) is 0. The molecule has 5 nitrogen and oxygen atoms in total. The molecule has 0 fully saturated rings.